The van der Waals surface area contributed by atoms with E-state index in [1.165, 1.54) is 32.5 Å². The van der Waals surface area contributed by atoms with Gasteiger partial charge in [-0.15, -0.1) is 0 Å². The number of hydrogen-bond acceptors (Lipinski definition) is 4. The first-order chi connectivity index (χ1) is 11.7. The van der Waals surface area contributed by atoms with E-state index in [2.05, 4.69) is 40.3 Å². The first-order valence-corrected chi connectivity index (χ1v) is 8.66. The van der Waals surface area contributed by atoms with Crippen molar-refractivity contribution >= 4 is 28.2 Å². The molecule has 0 bridgehead atoms. The Bertz CT molecular complexity index is 1100. The molecule has 0 saturated carbocycles. The molecule has 0 aliphatic heterocycles. The van der Waals surface area contributed by atoms with Crippen LogP contribution in [0.15, 0.2) is 70.7 Å². The van der Waals surface area contributed by atoms with E-state index in [0.29, 0.717) is 10.8 Å². The number of pyridine rings is 1. The van der Waals surface area contributed by atoms with Crippen molar-refractivity contribution in [2.45, 2.75) is 17.8 Å². The number of nitrogens with zero attached hydrogens (tertiary/aromatic N) is 3. The Morgan fingerprint density at radius 2 is 1.83 bits per heavy atom. The van der Waals surface area contributed by atoms with Gasteiger partial charge in [0.05, 0.1) is 0 Å². The molecular formula is C19H15N3OS. The summed E-state index contributed by atoms with van der Waals surface area (Å²) in [5.41, 5.74) is 2.56. The summed E-state index contributed by atoms with van der Waals surface area (Å²) < 4.78 is 1.48. The maximum absolute atomic E-state index is 12.2. The normalized spacial score (nSPS) is 11.2. The molecule has 0 atom stereocenters. The molecule has 24 heavy (non-hydrogen) atoms. The molecule has 2 aromatic carbocycles. The molecule has 2 aromatic heterocycles. The summed E-state index contributed by atoms with van der Waals surface area (Å²) >= 11 is 1.49. The number of thioether (sulfide) groups is 1. The predicted octanol–water partition coefficient (Wildman–Crippen LogP) is 3.84. The number of aromatic nitrogens is 3. The van der Waals surface area contributed by atoms with E-state index >= 15 is 0 Å². The van der Waals surface area contributed by atoms with Crippen LogP contribution in [0.2, 0.25) is 0 Å². The lowest BCUT2D eigenvalue weighted by Gasteiger charge is -2.06. The predicted molar refractivity (Wildman–Crippen MR) is 97.5 cm³/mol. The van der Waals surface area contributed by atoms with Crippen LogP contribution >= 0.6 is 11.8 Å². The van der Waals surface area contributed by atoms with E-state index in [1.807, 2.05) is 31.2 Å². The van der Waals surface area contributed by atoms with Gasteiger partial charge in [0, 0.05) is 11.9 Å². The van der Waals surface area contributed by atoms with Crippen molar-refractivity contribution in [3.05, 3.63) is 82.4 Å². The Balaban J connectivity index is 1.67. The fourth-order valence-electron chi connectivity index (χ4n) is 2.73. The Morgan fingerprint density at radius 3 is 2.75 bits per heavy atom. The van der Waals surface area contributed by atoms with Gasteiger partial charge >= 0.3 is 5.69 Å². The monoisotopic (exact) mass is 333 g/mol. The van der Waals surface area contributed by atoms with Gasteiger partial charge in [-0.3, -0.25) is 4.40 Å². The second kappa shape index (κ2) is 6.09. The summed E-state index contributed by atoms with van der Waals surface area (Å²) in [4.78, 5) is 20.8. The van der Waals surface area contributed by atoms with Crippen LogP contribution in [0.5, 0.6) is 0 Å². The quantitative estimate of drug-likeness (QED) is 0.534. The fraction of sp³-hybridized carbons (Fsp3) is 0.105. The smallest absolute Gasteiger partial charge is 0.251 e. The van der Waals surface area contributed by atoms with E-state index < -0.39 is 0 Å². The van der Waals surface area contributed by atoms with Gasteiger partial charge in [-0.1, -0.05) is 60.3 Å². The van der Waals surface area contributed by atoms with Crippen molar-refractivity contribution in [2.24, 2.45) is 0 Å². The van der Waals surface area contributed by atoms with Gasteiger partial charge in [0.25, 0.3) is 0 Å². The van der Waals surface area contributed by atoms with Crippen LogP contribution in [-0.4, -0.2) is 14.4 Å². The van der Waals surface area contributed by atoms with E-state index in [9.17, 15) is 4.79 Å². The standard InChI is InChI=1S/C19H15N3OS/c1-13-9-10-17-20-18(21-19(23)22(17)11-13)24-12-15-7-4-6-14-5-2-3-8-16(14)15/h2-11H,12H2,1H3. The first-order valence-electron chi connectivity index (χ1n) is 7.67. The van der Waals surface area contributed by atoms with Crippen LogP contribution in [0.1, 0.15) is 11.1 Å². The SMILES string of the molecule is Cc1ccc2nc(SCc3cccc4ccccc34)nc(=O)n2c1. The largest absolute Gasteiger partial charge is 0.355 e. The second-order valence-electron chi connectivity index (χ2n) is 5.65. The van der Waals surface area contributed by atoms with Crippen molar-refractivity contribution < 1.29 is 0 Å². The van der Waals surface area contributed by atoms with Gasteiger partial charge in [0.1, 0.15) is 5.65 Å². The number of rotatable bonds is 3. The summed E-state index contributed by atoms with van der Waals surface area (Å²) in [6.07, 6.45) is 1.76. The van der Waals surface area contributed by atoms with Crippen molar-refractivity contribution in [3.63, 3.8) is 0 Å². The second-order valence-corrected chi connectivity index (χ2v) is 6.59. The van der Waals surface area contributed by atoms with Gasteiger partial charge in [0.2, 0.25) is 0 Å². The Morgan fingerprint density at radius 1 is 1.00 bits per heavy atom. The molecule has 0 fully saturated rings. The zero-order valence-electron chi connectivity index (χ0n) is 13.1. The molecule has 4 nitrogen and oxygen atoms in total. The summed E-state index contributed by atoms with van der Waals surface area (Å²) in [5.74, 6) is 0.725. The highest BCUT2D eigenvalue weighted by Crippen LogP contribution is 2.25. The lowest BCUT2D eigenvalue weighted by molar-refractivity contribution is 0.843. The molecule has 0 unspecified atom stereocenters. The lowest BCUT2D eigenvalue weighted by Crippen LogP contribution is -2.19. The highest BCUT2D eigenvalue weighted by Gasteiger charge is 2.07. The summed E-state index contributed by atoms with van der Waals surface area (Å²) in [6, 6.07) is 18.3. The van der Waals surface area contributed by atoms with E-state index in [0.717, 1.165) is 11.3 Å². The minimum absolute atomic E-state index is 0.288. The Labute approximate surface area is 143 Å². The Kier molecular flexibility index (Phi) is 3.78. The Hall–Kier alpha value is -2.66. The van der Waals surface area contributed by atoms with Gasteiger partial charge < -0.3 is 0 Å². The van der Waals surface area contributed by atoms with Gasteiger partial charge in [-0.05, 0) is 34.9 Å². The molecule has 0 amide bonds. The van der Waals surface area contributed by atoms with Crippen LogP contribution in [-0.2, 0) is 5.75 Å². The van der Waals surface area contributed by atoms with Crippen LogP contribution in [0.4, 0.5) is 0 Å². The maximum atomic E-state index is 12.2. The highest BCUT2D eigenvalue weighted by atomic mass is 32.2. The molecule has 5 heteroatoms. The molecule has 4 rings (SSSR count). The zero-order chi connectivity index (χ0) is 16.5. The van der Waals surface area contributed by atoms with E-state index in [4.69, 9.17) is 0 Å². The van der Waals surface area contributed by atoms with Gasteiger partial charge in [0.15, 0.2) is 5.16 Å². The summed E-state index contributed by atoms with van der Waals surface area (Å²) in [7, 11) is 0. The van der Waals surface area contributed by atoms with Crippen LogP contribution in [0, 0.1) is 6.92 Å². The highest BCUT2D eigenvalue weighted by molar-refractivity contribution is 7.98. The van der Waals surface area contributed by atoms with Crippen LogP contribution in [0.25, 0.3) is 16.4 Å². The zero-order valence-corrected chi connectivity index (χ0v) is 14.0. The van der Waals surface area contributed by atoms with Crippen LogP contribution in [0.3, 0.4) is 0 Å². The maximum Gasteiger partial charge on any atom is 0.355 e. The average Bonchev–Trinajstić information content (AvgIpc) is 2.60. The molecule has 0 saturated heterocycles. The van der Waals surface area contributed by atoms with E-state index in [-0.39, 0.29) is 5.69 Å². The first kappa shape index (κ1) is 14.9. The molecule has 118 valence electrons. The third-order valence-electron chi connectivity index (χ3n) is 3.92. The van der Waals surface area contributed by atoms with Crippen molar-refractivity contribution in [1.29, 1.82) is 0 Å². The van der Waals surface area contributed by atoms with Crippen molar-refractivity contribution in [1.82, 2.24) is 14.4 Å². The van der Waals surface area contributed by atoms with Crippen LogP contribution < -0.4 is 5.69 Å². The molecule has 2 heterocycles. The average molecular weight is 333 g/mol. The molecule has 0 aliphatic carbocycles. The third-order valence-corrected chi connectivity index (χ3v) is 4.82. The van der Waals surface area contributed by atoms with Crippen molar-refractivity contribution in [2.75, 3.05) is 0 Å². The van der Waals surface area contributed by atoms with Gasteiger partial charge in [-0.2, -0.15) is 4.98 Å². The molecular weight excluding hydrogens is 318 g/mol. The molecule has 0 radical (unpaired) electrons. The lowest BCUT2D eigenvalue weighted by atomic mass is 10.1. The number of fused-ring (bicyclic) bond motifs is 2. The topological polar surface area (TPSA) is 47.3 Å². The summed E-state index contributed by atoms with van der Waals surface area (Å²) in [6.45, 7) is 1.94. The summed E-state index contributed by atoms with van der Waals surface area (Å²) in [5, 5.41) is 2.95. The molecule has 0 N–H and O–H groups in total. The minimum atomic E-state index is -0.288. The molecule has 0 aliphatic rings. The van der Waals surface area contributed by atoms with Crippen molar-refractivity contribution in [3.8, 4) is 0 Å². The third kappa shape index (κ3) is 2.78. The number of aryl methyl sites for hydroxylation is 1. The molecule has 0 spiro atoms. The minimum Gasteiger partial charge on any atom is -0.251 e. The number of benzene rings is 2. The number of hydrogen-bond donors (Lipinski definition) is 0. The molecule has 4 aromatic rings. The van der Waals surface area contributed by atoms with E-state index in [1.54, 1.807) is 6.20 Å². The fourth-order valence-corrected chi connectivity index (χ4v) is 3.56. The van der Waals surface area contributed by atoms with Gasteiger partial charge in [-0.25, -0.2) is 9.78 Å².